The van der Waals surface area contributed by atoms with Gasteiger partial charge in [-0.2, -0.15) is 0 Å². The van der Waals surface area contributed by atoms with Crippen molar-refractivity contribution < 1.29 is 14.3 Å². The van der Waals surface area contributed by atoms with Gasteiger partial charge in [0.05, 0.1) is 0 Å². The second kappa shape index (κ2) is 5.61. The van der Waals surface area contributed by atoms with Crippen molar-refractivity contribution in [1.29, 1.82) is 0 Å². The van der Waals surface area contributed by atoms with Crippen LogP contribution in [0.25, 0.3) is 0 Å². The van der Waals surface area contributed by atoms with Crippen LogP contribution in [0.2, 0.25) is 0 Å². The fourth-order valence-corrected chi connectivity index (χ4v) is 2.78. The summed E-state index contributed by atoms with van der Waals surface area (Å²) in [6, 6.07) is 3.63. The Morgan fingerprint density at radius 1 is 1.09 bits per heavy atom. The standard InChI is InChI=1S/C19H20O3/c1-4-16-11(2)9-15(10-12(16)3)22-19(17(20)13-5-6-13)18(21)14-7-8-14/h1,9-10,13-14,19H,5-8H2,2-3H3. The zero-order valence-corrected chi connectivity index (χ0v) is 13.0. The van der Waals surface area contributed by atoms with Crippen LogP contribution in [0.5, 0.6) is 5.75 Å². The predicted molar refractivity (Wildman–Crippen MR) is 83.7 cm³/mol. The maximum atomic E-state index is 12.4. The van der Waals surface area contributed by atoms with Crippen molar-refractivity contribution in [1.82, 2.24) is 0 Å². The van der Waals surface area contributed by atoms with Gasteiger partial charge in [0.25, 0.3) is 0 Å². The number of ketones is 2. The van der Waals surface area contributed by atoms with E-state index in [0.29, 0.717) is 5.75 Å². The largest absolute Gasteiger partial charge is 0.475 e. The molecule has 0 aromatic heterocycles. The van der Waals surface area contributed by atoms with Gasteiger partial charge in [-0.05, 0) is 62.8 Å². The molecule has 22 heavy (non-hydrogen) atoms. The van der Waals surface area contributed by atoms with Crippen molar-refractivity contribution in [3.05, 3.63) is 28.8 Å². The smallest absolute Gasteiger partial charge is 0.215 e. The Morgan fingerprint density at radius 2 is 1.55 bits per heavy atom. The van der Waals surface area contributed by atoms with Gasteiger partial charge in [0.15, 0.2) is 11.6 Å². The average molecular weight is 296 g/mol. The fraction of sp³-hybridized carbons (Fsp3) is 0.474. The molecule has 3 nitrogen and oxygen atoms in total. The van der Waals surface area contributed by atoms with E-state index in [9.17, 15) is 9.59 Å². The van der Waals surface area contributed by atoms with E-state index in [-0.39, 0.29) is 23.4 Å². The molecule has 0 radical (unpaired) electrons. The topological polar surface area (TPSA) is 43.4 Å². The maximum absolute atomic E-state index is 12.4. The van der Waals surface area contributed by atoms with Gasteiger partial charge < -0.3 is 4.74 Å². The summed E-state index contributed by atoms with van der Waals surface area (Å²) in [7, 11) is 0. The monoisotopic (exact) mass is 296 g/mol. The molecule has 114 valence electrons. The minimum atomic E-state index is -0.935. The van der Waals surface area contributed by atoms with Crippen LogP contribution in [0.15, 0.2) is 12.1 Å². The number of rotatable bonds is 6. The number of hydrogen-bond donors (Lipinski definition) is 0. The normalized spacial score (nSPS) is 17.2. The molecule has 0 atom stereocenters. The number of hydrogen-bond acceptors (Lipinski definition) is 3. The summed E-state index contributed by atoms with van der Waals surface area (Å²) < 4.78 is 5.83. The van der Waals surface area contributed by atoms with E-state index in [0.717, 1.165) is 42.4 Å². The third-order valence-corrected chi connectivity index (χ3v) is 4.38. The first kappa shape index (κ1) is 14.8. The predicted octanol–water partition coefficient (Wildman–Crippen LogP) is 2.99. The Balaban J connectivity index is 1.85. The molecule has 0 unspecified atom stereocenters. The highest BCUT2D eigenvalue weighted by atomic mass is 16.5. The van der Waals surface area contributed by atoms with E-state index in [1.165, 1.54) is 0 Å². The van der Waals surface area contributed by atoms with Crippen LogP contribution in [0.1, 0.15) is 42.4 Å². The number of aryl methyl sites for hydroxylation is 2. The molecular formula is C19H20O3. The molecule has 2 fully saturated rings. The van der Waals surface area contributed by atoms with Gasteiger partial charge in [-0.15, -0.1) is 6.42 Å². The van der Waals surface area contributed by atoms with Crippen LogP contribution >= 0.6 is 0 Å². The van der Waals surface area contributed by atoms with Crippen molar-refractivity contribution in [3.8, 4) is 18.1 Å². The fourth-order valence-electron chi connectivity index (χ4n) is 2.78. The van der Waals surface area contributed by atoms with Crippen molar-refractivity contribution in [2.24, 2.45) is 11.8 Å². The van der Waals surface area contributed by atoms with E-state index in [2.05, 4.69) is 5.92 Å². The minimum Gasteiger partial charge on any atom is -0.475 e. The Labute approximate surface area is 131 Å². The number of carbonyl (C=O) groups is 2. The van der Waals surface area contributed by atoms with Crippen LogP contribution in [-0.2, 0) is 9.59 Å². The second-order valence-electron chi connectivity index (χ2n) is 6.43. The molecule has 0 N–H and O–H groups in total. The van der Waals surface area contributed by atoms with Crippen LogP contribution in [0, 0.1) is 38.0 Å². The third-order valence-electron chi connectivity index (χ3n) is 4.38. The highest BCUT2D eigenvalue weighted by Crippen LogP contribution is 2.37. The van der Waals surface area contributed by atoms with Crippen LogP contribution in [-0.4, -0.2) is 17.7 Å². The van der Waals surface area contributed by atoms with Gasteiger partial charge in [0.1, 0.15) is 5.75 Å². The zero-order valence-electron chi connectivity index (χ0n) is 13.0. The van der Waals surface area contributed by atoms with Crippen LogP contribution < -0.4 is 4.74 Å². The summed E-state index contributed by atoms with van der Waals surface area (Å²) in [5.74, 6) is 3.15. The van der Waals surface area contributed by atoms with Gasteiger partial charge in [0.2, 0.25) is 6.10 Å². The average Bonchev–Trinajstić information content (AvgIpc) is 3.36. The molecule has 3 rings (SSSR count). The summed E-state index contributed by atoms with van der Waals surface area (Å²) in [5, 5.41) is 0. The van der Waals surface area contributed by atoms with Crippen molar-refractivity contribution in [3.63, 3.8) is 0 Å². The summed E-state index contributed by atoms with van der Waals surface area (Å²) in [4.78, 5) is 24.8. The SMILES string of the molecule is C#Cc1c(C)cc(OC(C(=O)C2CC2)C(=O)C2CC2)cc1C. The lowest BCUT2D eigenvalue weighted by Gasteiger charge is -2.18. The van der Waals surface area contributed by atoms with E-state index < -0.39 is 6.10 Å². The quantitative estimate of drug-likeness (QED) is 0.599. The van der Waals surface area contributed by atoms with E-state index in [4.69, 9.17) is 11.2 Å². The van der Waals surface area contributed by atoms with Gasteiger partial charge in [-0.25, -0.2) is 0 Å². The number of terminal acetylenes is 1. The molecular weight excluding hydrogens is 276 g/mol. The Kier molecular flexibility index (Phi) is 3.78. The molecule has 1 aromatic rings. The molecule has 2 aliphatic rings. The summed E-state index contributed by atoms with van der Waals surface area (Å²) in [6.45, 7) is 3.82. The number of benzene rings is 1. The number of carbonyl (C=O) groups excluding carboxylic acids is 2. The first-order valence-corrected chi connectivity index (χ1v) is 7.83. The van der Waals surface area contributed by atoms with Crippen molar-refractivity contribution >= 4 is 11.6 Å². The first-order valence-electron chi connectivity index (χ1n) is 7.83. The molecule has 0 saturated heterocycles. The molecule has 0 heterocycles. The Morgan fingerprint density at radius 3 is 1.91 bits per heavy atom. The van der Waals surface area contributed by atoms with Crippen LogP contribution in [0.3, 0.4) is 0 Å². The van der Waals surface area contributed by atoms with Crippen molar-refractivity contribution in [2.45, 2.75) is 45.6 Å². The molecule has 0 spiro atoms. The lowest BCUT2D eigenvalue weighted by Crippen LogP contribution is -2.38. The molecule has 3 heteroatoms. The van der Waals surface area contributed by atoms with Gasteiger partial charge in [0, 0.05) is 17.4 Å². The zero-order chi connectivity index (χ0) is 15.9. The van der Waals surface area contributed by atoms with E-state index >= 15 is 0 Å². The number of Topliss-reactive ketones (excluding diaryl/α,β-unsaturated/α-hetero) is 2. The molecule has 0 amide bonds. The highest BCUT2D eigenvalue weighted by Gasteiger charge is 2.44. The number of ether oxygens (including phenoxy) is 1. The van der Waals surface area contributed by atoms with Gasteiger partial charge in [-0.1, -0.05) is 5.92 Å². The summed E-state index contributed by atoms with van der Waals surface area (Å²) >= 11 is 0. The third kappa shape index (κ3) is 2.92. The summed E-state index contributed by atoms with van der Waals surface area (Å²) in [6.07, 6.45) is 8.08. The molecule has 1 aromatic carbocycles. The Hall–Kier alpha value is -2.08. The van der Waals surface area contributed by atoms with E-state index in [1.54, 1.807) is 0 Å². The molecule has 0 bridgehead atoms. The van der Waals surface area contributed by atoms with Gasteiger partial charge >= 0.3 is 0 Å². The first-order chi connectivity index (χ1) is 10.5. The van der Waals surface area contributed by atoms with E-state index in [1.807, 2.05) is 26.0 Å². The van der Waals surface area contributed by atoms with Crippen LogP contribution in [0.4, 0.5) is 0 Å². The summed E-state index contributed by atoms with van der Waals surface area (Å²) in [5.41, 5.74) is 2.69. The lowest BCUT2D eigenvalue weighted by atomic mass is 10.0. The Bertz CT molecular complexity index is 625. The van der Waals surface area contributed by atoms with Crippen molar-refractivity contribution in [2.75, 3.05) is 0 Å². The molecule has 0 aliphatic heterocycles. The second-order valence-corrected chi connectivity index (χ2v) is 6.43. The molecule has 2 aliphatic carbocycles. The lowest BCUT2D eigenvalue weighted by molar-refractivity contribution is -0.138. The molecule has 2 saturated carbocycles. The van der Waals surface area contributed by atoms with Gasteiger partial charge in [-0.3, -0.25) is 9.59 Å². The maximum Gasteiger partial charge on any atom is 0.215 e. The minimum absolute atomic E-state index is 0.0138. The highest BCUT2D eigenvalue weighted by molar-refractivity contribution is 6.08.